The fourth-order valence-electron chi connectivity index (χ4n) is 1.93. The molecule has 112 valence electrons. The third-order valence-corrected chi connectivity index (χ3v) is 4.01. The number of hydrogen-bond acceptors (Lipinski definition) is 2. The van der Waals surface area contributed by atoms with Crippen LogP contribution in [0.4, 0.5) is 8.78 Å². The Morgan fingerprint density at radius 1 is 1.00 bits per heavy atom. The lowest BCUT2D eigenvalue weighted by atomic mass is 10.2. The molecule has 0 spiro atoms. The highest BCUT2D eigenvalue weighted by atomic mass is 32.2. The second kappa shape index (κ2) is 7.57. The van der Waals surface area contributed by atoms with Crippen LogP contribution in [0, 0.1) is 11.6 Å². The quantitative estimate of drug-likeness (QED) is 0.773. The predicted molar refractivity (Wildman–Crippen MR) is 84.3 cm³/mol. The molecule has 2 rings (SSSR count). The van der Waals surface area contributed by atoms with Crippen molar-refractivity contribution in [2.24, 2.45) is 0 Å². The van der Waals surface area contributed by atoms with Gasteiger partial charge in [-0.25, -0.2) is 8.78 Å². The van der Waals surface area contributed by atoms with Gasteiger partial charge < -0.3 is 5.32 Å². The van der Waals surface area contributed by atoms with E-state index in [2.05, 4.69) is 31.3 Å². The standard InChI is InChI=1S/C17H19F2NS/c1-12(2)20-10-13-4-3-5-17(8-13)21-11-14-6-15(18)9-16(19)7-14/h3-9,12,20H,10-11H2,1-2H3. The summed E-state index contributed by atoms with van der Waals surface area (Å²) < 4.78 is 26.3. The molecular formula is C17H19F2NS. The molecule has 0 aliphatic carbocycles. The Morgan fingerprint density at radius 2 is 1.71 bits per heavy atom. The van der Waals surface area contributed by atoms with E-state index in [9.17, 15) is 8.78 Å². The molecule has 0 amide bonds. The maximum absolute atomic E-state index is 13.1. The van der Waals surface area contributed by atoms with E-state index in [-0.39, 0.29) is 0 Å². The third kappa shape index (κ3) is 5.48. The van der Waals surface area contributed by atoms with E-state index < -0.39 is 11.6 Å². The van der Waals surface area contributed by atoms with Crippen molar-refractivity contribution < 1.29 is 8.78 Å². The van der Waals surface area contributed by atoms with Gasteiger partial charge in [-0.15, -0.1) is 11.8 Å². The third-order valence-electron chi connectivity index (χ3n) is 2.94. The van der Waals surface area contributed by atoms with Crippen molar-refractivity contribution in [1.29, 1.82) is 0 Å². The predicted octanol–water partition coefficient (Wildman–Crippen LogP) is 4.76. The van der Waals surface area contributed by atoms with E-state index in [1.165, 1.54) is 17.7 Å². The van der Waals surface area contributed by atoms with Crippen molar-refractivity contribution in [2.45, 2.75) is 37.1 Å². The molecule has 0 heterocycles. The highest BCUT2D eigenvalue weighted by Gasteiger charge is 2.03. The van der Waals surface area contributed by atoms with Crippen molar-refractivity contribution in [1.82, 2.24) is 5.32 Å². The van der Waals surface area contributed by atoms with Crippen molar-refractivity contribution in [3.8, 4) is 0 Å². The number of nitrogens with one attached hydrogen (secondary N) is 1. The number of halogens is 2. The summed E-state index contributed by atoms with van der Waals surface area (Å²) in [7, 11) is 0. The average molecular weight is 307 g/mol. The van der Waals surface area contributed by atoms with Gasteiger partial charge in [0, 0.05) is 29.3 Å². The molecule has 0 aromatic heterocycles. The molecule has 0 fully saturated rings. The molecule has 0 saturated carbocycles. The Kier molecular flexibility index (Phi) is 5.76. The Morgan fingerprint density at radius 3 is 2.38 bits per heavy atom. The molecule has 0 radical (unpaired) electrons. The zero-order valence-electron chi connectivity index (χ0n) is 12.2. The molecule has 0 saturated heterocycles. The Bertz CT molecular complexity index is 579. The van der Waals surface area contributed by atoms with E-state index >= 15 is 0 Å². The molecule has 4 heteroatoms. The van der Waals surface area contributed by atoms with Gasteiger partial charge in [0.05, 0.1) is 0 Å². The minimum absolute atomic E-state index is 0.441. The maximum Gasteiger partial charge on any atom is 0.126 e. The summed E-state index contributed by atoms with van der Waals surface area (Å²) >= 11 is 1.58. The van der Waals surface area contributed by atoms with E-state index in [0.717, 1.165) is 17.5 Å². The van der Waals surface area contributed by atoms with Crippen LogP contribution >= 0.6 is 11.8 Å². The van der Waals surface area contributed by atoms with E-state index in [4.69, 9.17) is 0 Å². The number of rotatable bonds is 6. The van der Waals surface area contributed by atoms with Gasteiger partial charge in [-0.2, -0.15) is 0 Å². The summed E-state index contributed by atoms with van der Waals surface area (Å²) in [6.07, 6.45) is 0. The van der Waals surface area contributed by atoms with Crippen LogP contribution in [0.2, 0.25) is 0 Å². The summed E-state index contributed by atoms with van der Waals surface area (Å²) in [5, 5.41) is 3.37. The molecule has 1 N–H and O–H groups in total. The first-order chi connectivity index (χ1) is 10.0. The van der Waals surface area contributed by atoms with Crippen molar-refractivity contribution in [2.75, 3.05) is 0 Å². The fourth-order valence-corrected chi connectivity index (χ4v) is 2.84. The lowest BCUT2D eigenvalue weighted by Crippen LogP contribution is -2.21. The summed E-state index contributed by atoms with van der Waals surface area (Å²) in [6.45, 7) is 5.04. The van der Waals surface area contributed by atoms with Crippen LogP contribution < -0.4 is 5.32 Å². The first-order valence-corrected chi connectivity index (χ1v) is 7.91. The van der Waals surface area contributed by atoms with Gasteiger partial charge in [-0.05, 0) is 35.4 Å². The molecule has 0 bridgehead atoms. The molecule has 0 aliphatic rings. The molecule has 0 atom stereocenters. The highest BCUT2D eigenvalue weighted by Crippen LogP contribution is 2.24. The average Bonchev–Trinajstić information content (AvgIpc) is 2.42. The summed E-state index contributed by atoms with van der Waals surface area (Å²) in [5.41, 5.74) is 1.86. The van der Waals surface area contributed by atoms with Crippen molar-refractivity contribution in [3.05, 3.63) is 65.2 Å². The molecule has 21 heavy (non-hydrogen) atoms. The van der Waals surface area contributed by atoms with E-state index in [1.54, 1.807) is 11.8 Å². The lowest BCUT2D eigenvalue weighted by molar-refractivity contribution is 0.581. The van der Waals surface area contributed by atoms with Crippen LogP contribution in [0.25, 0.3) is 0 Å². The van der Waals surface area contributed by atoms with E-state index in [0.29, 0.717) is 17.4 Å². The van der Waals surface area contributed by atoms with Crippen LogP contribution in [-0.4, -0.2) is 6.04 Å². The molecule has 2 aromatic carbocycles. The molecular weight excluding hydrogens is 288 g/mol. The first kappa shape index (κ1) is 16.0. The zero-order chi connectivity index (χ0) is 15.2. The number of thioether (sulfide) groups is 1. The lowest BCUT2D eigenvalue weighted by Gasteiger charge is -2.09. The van der Waals surface area contributed by atoms with Gasteiger partial charge in [0.15, 0.2) is 0 Å². The normalized spacial score (nSPS) is 11.1. The minimum Gasteiger partial charge on any atom is -0.310 e. The van der Waals surface area contributed by atoms with Gasteiger partial charge in [0.1, 0.15) is 11.6 Å². The Hall–Kier alpha value is -1.39. The molecule has 0 aliphatic heterocycles. The summed E-state index contributed by atoms with van der Waals surface area (Å²) in [6, 6.07) is 12.3. The van der Waals surface area contributed by atoms with Crippen LogP contribution in [0.1, 0.15) is 25.0 Å². The second-order valence-corrected chi connectivity index (χ2v) is 6.30. The Balaban J connectivity index is 1.98. The maximum atomic E-state index is 13.1. The fraction of sp³-hybridized carbons (Fsp3) is 0.294. The SMILES string of the molecule is CC(C)NCc1cccc(SCc2cc(F)cc(F)c2)c1. The highest BCUT2D eigenvalue weighted by molar-refractivity contribution is 7.98. The van der Waals surface area contributed by atoms with Gasteiger partial charge in [0.25, 0.3) is 0 Å². The monoisotopic (exact) mass is 307 g/mol. The van der Waals surface area contributed by atoms with Crippen LogP contribution in [0.5, 0.6) is 0 Å². The molecule has 0 unspecified atom stereocenters. The minimum atomic E-state index is -0.527. The van der Waals surface area contributed by atoms with Crippen molar-refractivity contribution in [3.63, 3.8) is 0 Å². The largest absolute Gasteiger partial charge is 0.310 e. The van der Waals surface area contributed by atoms with Crippen LogP contribution in [-0.2, 0) is 12.3 Å². The zero-order valence-corrected chi connectivity index (χ0v) is 13.0. The van der Waals surface area contributed by atoms with Crippen LogP contribution in [0.3, 0.4) is 0 Å². The Labute approximate surface area is 128 Å². The summed E-state index contributed by atoms with van der Waals surface area (Å²) in [5.74, 6) is -0.503. The first-order valence-electron chi connectivity index (χ1n) is 6.93. The van der Waals surface area contributed by atoms with Gasteiger partial charge in [0.2, 0.25) is 0 Å². The second-order valence-electron chi connectivity index (χ2n) is 5.25. The number of hydrogen-bond donors (Lipinski definition) is 1. The topological polar surface area (TPSA) is 12.0 Å². The van der Waals surface area contributed by atoms with Crippen molar-refractivity contribution >= 4 is 11.8 Å². The smallest absolute Gasteiger partial charge is 0.126 e. The van der Waals surface area contributed by atoms with Gasteiger partial charge >= 0.3 is 0 Å². The van der Waals surface area contributed by atoms with Gasteiger partial charge in [-0.3, -0.25) is 0 Å². The molecule has 2 aromatic rings. The van der Waals surface area contributed by atoms with Crippen LogP contribution in [0.15, 0.2) is 47.4 Å². The van der Waals surface area contributed by atoms with E-state index in [1.807, 2.05) is 12.1 Å². The number of benzene rings is 2. The molecule has 1 nitrogen and oxygen atoms in total. The summed E-state index contributed by atoms with van der Waals surface area (Å²) in [4.78, 5) is 1.10. The van der Waals surface area contributed by atoms with Gasteiger partial charge in [-0.1, -0.05) is 26.0 Å².